The number of phenolic OH excluding ortho intramolecular Hbond substituents is 1. The first-order valence-electron chi connectivity index (χ1n) is 7.66. The van der Waals surface area contributed by atoms with Crippen LogP contribution < -0.4 is 14.9 Å². The Kier molecular flexibility index (Phi) is 7.05. The molecule has 0 aliphatic carbocycles. The molecule has 2 rings (SSSR count). The highest BCUT2D eigenvalue weighted by Gasteiger charge is 2.08. The first-order chi connectivity index (χ1) is 12.0. The fraction of sp³-hybridized carbons (Fsp3) is 0.222. The third kappa shape index (κ3) is 5.93. The minimum Gasteiger partial charge on any atom is -0.504 e. The van der Waals surface area contributed by atoms with E-state index in [2.05, 4.69) is 10.5 Å². The molecule has 7 heteroatoms. The molecule has 0 aliphatic heterocycles. The summed E-state index contributed by atoms with van der Waals surface area (Å²) in [5.74, 6) is 0.741. The van der Waals surface area contributed by atoms with Crippen LogP contribution in [-0.4, -0.2) is 30.4 Å². The highest BCUT2D eigenvalue weighted by atomic mass is 127. The van der Waals surface area contributed by atoms with Gasteiger partial charge in [0.2, 0.25) is 0 Å². The Hall–Kier alpha value is -2.29. The van der Waals surface area contributed by atoms with Crippen LogP contribution in [0.3, 0.4) is 0 Å². The van der Waals surface area contributed by atoms with E-state index in [1.54, 1.807) is 18.2 Å². The Balaban J connectivity index is 1.90. The first kappa shape index (κ1) is 19.0. The van der Waals surface area contributed by atoms with E-state index < -0.39 is 0 Å². The molecule has 6 nitrogen and oxygen atoms in total. The van der Waals surface area contributed by atoms with E-state index in [9.17, 15) is 9.90 Å². The summed E-state index contributed by atoms with van der Waals surface area (Å²) in [5, 5.41) is 13.8. The summed E-state index contributed by atoms with van der Waals surface area (Å²) in [6.07, 6.45) is 1.48. The number of aryl methyl sites for hydroxylation is 1. The molecule has 0 aromatic heterocycles. The van der Waals surface area contributed by atoms with E-state index in [0.717, 1.165) is 5.56 Å². The third-order valence-electron chi connectivity index (χ3n) is 3.11. The van der Waals surface area contributed by atoms with Gasteiger partial charge in [0.1, 0.15) is 5.75 Å². The van der Waals surface area contributed by atoms with Crippen LogP contribution in [0, 0.1) is 10.5 Å². The molecule has 0 atom stereocenters. The second-order valence-corrected chi connectivity index (χ2v) is 6.34. The number of halogens is 1. The number of aromatic hydroxyl groups is 1. The maximum absolute atomic E-state index is 11.8. The number of hydrogen-bond acceptors (Lipinski definition) is 5. The first-order valence-corrected chi connectivity index (χ1v) is 8.74. The van der Waals surface area contributed by atoms with E-state index >= 15 is 0 Å². The van der Waals surface area contributed by atoms with E-state index in [1.165, 1.54) is 6.21 Å². The zero-order valence-corrected chi connectivity index (χ0v) is 16.1. The molecule has 0 fully saturated rings. The predicted molar refractivity (Wildman–Crippen MR) is 104 cm³/mol. The molecule has 2 aromatic carbocycles. The molecule has 0 heterocycles. The van der Waals surface area contributed by atoms with Crippen molar-refractivity contribution in [3.05, 3.63) is 51.1 Å². The monoisotopic (exact) mass is 454 g/mol. The molecule has 0 radical (unpaired) electrons. The fourth-order valence-corrected chi connectivity index (χ4v) is 2.62. The number of hydrogen-bond donors (Lipinski definition) is 2. The van der Waals surface area contributed by atoms with Crippen molar-refractivity contribution in [1.82, 2.24) is 5.43 Å². The largest absolute Gasteiger partial charge is 0.504 e. The van der Waals surface area contributed by atoms with Gasteiger partial charge in [-0.3, -0.25) is 4.79 Å². The molecule has 2 aromatic rings. The van der Waals surface area contributed by atoms with Crippen molar-refractivity contribution in [1.29, 1.82) is 0 Å². The zero-order chi connectivity index (χ0) is 18.2. The third-order valence-corrected chi connectivity index (χ3v) is 3.94. The summed E-state index contributed by atoms with van der Waals surface area (Å²) in [7, 11) is 0. The predicted octanol–water partition coefficient (Wildman–Crippen LogP) is 3.23. The summed E-state index contributed by atoms with van der Waals surface area (Å²) >= 11 is 2.00. The minimum atomic E-state index is -0.365. The molecule has 0 bridgehead atoms. The Morgan fingerprint density at radius 3 is 2.84 bits per heavy atom. The number of nitrogens with zero attached hydrogens (tertiary/aromatic N) is 1. The topological polar surface area (TPSA) is 80.2 Å². The van der Waals surface area contributed by atoms with Crippen LogP contribution in [-0.2, 0) is 4.79 Å². The van der Waals surface area contributed by atoms with Gasteiger partial charge in [0.15, 0.2) is 18.1 Å². The van der Waals surface area contributed by atoms with Crippen molar-refractivity contribution >= 4 is 34.7 Å². The van der Waals surface area contributed by atoms with Crippen LogP contribution in [0.2, 0.25) is 0 Å². The molecule has 1 amide bonds. The Morgan fingerprint density at radius 2 is 2.12 bits per heavy atom. The number of amides is 1. The van der Waals surface area contributed by atoms with Gasteiger partial charge in [-0.2, -0.15) is 5.10 Å². The normalized spacial score (nSPS) is 10.7. The van der Waals surface area contributed by atoms with Gasteiger partial charge in [0.25, 0.3) is 5.91 Å². The van der Waals surface area contributed by atoms with Crippen LogP contribution in [0.5, 0.6) is 17.2 Å². The lowest BCUT2D eigenvalue weighted by molar-refractivity contribution is -0.123. The highest BCUT2D eigenvalue weighted by Crippen LogP contribution is 2.32. The Labute approximate surface area is 160 Å². The van der Waals surface area contributed by atoms with E-state index in [4.69, 9.17) is 9.47 Å². The SMILES string of the molecule is CCOc1cc(/C=N/NC(=O)COc2cccc(C)c2)cc(I)c1O. The maximum atomic E-state index is 11.8. The number of carbonyl (C=O) groups excluding carboxylic acids is 1. The van der Waals surface area contributed by atoms with Gasteiger partial charge in [0.05, 0.1) is 16.4 Å². The molecule has 0 aliphatic rings. The lowest BCUT2D eigenvalue weighted by Gasteiger charge is -2.08. The average Bonchev–Trinajstić information content (AvgIpc) is 2.58. The van der Waals surface area contributed by atoms with E-state index in [-0.39, 0.29) is 18.3 Å². The van der Waals surface area contributed by atoms with Crippen LogP contribution in [0.25, 0.3) is 0 Å². The summed E-state index contributed by atoms with van der Waals surface area (Å²) in [6.45, 7) is 4.10. The second-order valence-electron chi connectivity index (χ2n) is 5.18. The van der Waals surface area contributed by atoms with Crippen molar-refractivity contribution in [2.24, 2.45) is 5.10 Å². The molecule has 2 N–H and O–H groups in total. The lowest BCUT2D eigenvalue weighted by atomic mass is 10.2. The number of benzene rings is 2. The van der Waals surface area contributed by atoms with Gasteiger partial charge in [-0.15, -0.1) is 0 Å². The Bertz CT molecular complexity index is 778. The van der Waals surface area contributed by atoms with Gasteiger partial charge < -0.3 is 14.6 Å². The van der Waals surface area contributed by atoms with Crippen LogP contribution in [0.4, 0.5) is 0 Å². The molecular formula is C18H19IN2O4. The standard InChI is InChI=1S/C18H19IN2O4/c1-3-24-16-9-13(8-15(19)18(16)23)10-20-21-17(22)11-25-14-6-4-5-12(2)7-14/h4-10,23H,3,11H2,1-2H3,(H,21,22)/b20-10+. The lowest BCUT2D eigenvalue weighted by Crippen LogP contribution is -2.24. The summed E-state index contributed by atoms with van der Waals surface area (Å²) in [4.78, 5) is 11.8. The molecule has 0 saturated carbocycles. The number of carbonyl (C=O) groups is 1. The quantitative estimate of drug-likeness (QED) is 0.383. The fourth-order valence-electron chi connectivity index (χ4n) is 2.00. The molecule has 132 valence electrons. The molecular weight excluding hydrogens is 435 g/mol. The minimum absolute atomic E-state index is 0.0928. The van der Waals surface area contributed by atoms with Crippen molar-refractivity contribution in [2.45, 2.75) is 13.8 Å². The smallest absolute Gasteiger partial charge is 0.277 e. The number of hydrazone groups is 1. The molecule has 25 heavy (non-hydrogen) atoms. The van der Waals surface area contributed by atoms with E-state index in [1.807, 2.05) is 54.6 Å². The van der Waals surface area contributed by atoms with Gasteiger partial charge >= 0.3 is 0 Å². The van der Waals surface area contributed by atoms with Crippen molar-refractivity contribution in [3.8, 4) is 17.2 Å². The summed E-state index contributed by atoms with van der Waals surface area (Å²) < 4.78 is 11.4. The molecule has 0 spiro atoms. The van der Waals surface area contributed by atoms with Crippen LogP contribution >= 0.6 is 22.6 Å². The average molecular weight is 454 g/mol. The Morgan fingerprint density at radius 1 is 1.32 bits per heavy atom. The van der Waals surface area contributed by atoms with Crippen LogP contribution in [0.1, 0.15) is 18.1 Å². The highest BCUT2D eigenvalue weighted by molar-refractivity contribution is 14.1. The maximum Gasteiger partial charge on any atom is 0.277 e. The van der Waals surface area contributed by atoms with Gasteiger partial charge in [-0.1, -0.05) is 12.1 Å². The number of rotatable bonds is 7. The summed E-state index contributed by atoms with van der Waals surface area (Å²) in [6, 6.07) is 10.8. The van der Waals surface area contributed by atoms with Crippen molar-refractivity contribution in [2.75, 3.05) is 13.2 Å². The number of phenols is 1. The van der Waals surface area contributed by atoms with Gasteiger partial charge in [-0.25, -0.2) is 5.43 Å². The van der Waals surface area contributed by atoms with Crippen molar-refractivity contribution in [3.63, 3.8) is 0 Å². The second kappa shape index (κ2) is 9.26. The molecule has 0 saturated heterocycles. The van der Waals surface area contributed by atoms with E-state index in [0.29, 0.717) is 27.2 Å². The van der Waals surface area contributed by atoms with Crippen LogP contribution in [0.15, 0.2) is 41.5 Å². The zero-order valence-electron chi connectivity index (χ0n) is 14.0. The summed E-state index contributed by atoms with van der Waals surface area (Å²) in [5.41, 5.74) is 4.16. The van der Waals surface area contributed by atoms with Crippen molar-refractivity contribution < 1.29 is 19.4 Å². The number of ether oxygens (including phenoxy) is 2. The molecule has 0 unspecified atom stereocenters. The number of nitrogens with one attached hydrogen (secondary N) is 1. The van der Waals surface area contributed by atoms with Gasteiger partial charge in [0, 0.05) is 0 Å². The van der Waals surface area contributed by atoms with Gasteiger partial charge in [-0.05, 0) is 71.8 Å².